The Balaban J connectivity index is 1.56. The molecule has 2 aromatic carbocycles. The standard InChI is InChI=1S/C44H59BrN4O8/c1-8-12-18-35(51)46-34(27-55-7)38(29-16-14-13-15-17-29)56-43(54)36-37-41(52)49(32(26-50)24-28(5)6)40(44(37)25-33(45)39(36)57-44)42(53)48(23-9-2)31-21-19-30(20-22-31)47(10-3)11-4/h8-9,13-17,19-22,28,32-34,36-40,50H,1-2,10-12,18,23-27H2,3-7H3,(H,46,51)/t32-,33?,34-,36-,37+,38-,39-,40-,44+/m1/s1. The van der Waals surface area contributed by atoms with E-state index in [1.165, 1.54) is 12.0 Å². The van der Waals surface area contributed by atoms with Crippen molar-refractivity contribution in [1.29, 1.82) is 0 Å². The molecule has 2 N–H and O–H groups in total. The minimum absolute atomic E-state index is 0.0391. The van der Waals surface area contributed by atoms with Gasteiger partial charge in [0.15, 0.2) is 0 Å². The van der Waals surface area contributed by atoms with Crippen molar-refractivity contribution in [2.24, 2.45) is 17.8 Å². The second-order valence-electron chi connectivity index (χ2n) is 15.5. The van der Waals surface area contributed by atoms with Gasteiger partial charge in [-0.3, -0.25) is 19.2 Å². The summed E-state index contributed by atoms with van der Waals surface area (Å²) in [6, 6.07) is 14.2. The predicted molar refractivity (Wildman–Crippen MR) is 224 cm³/mol. The lowest BCUT2D eigenvalue weighted by atomic mass is 9.70. The minimum atomic E-state index is -1.41. The summed E-state index contributed by atoms with van der Waals surface area (Å²) >= 11 is 3.77. The van der Waals surface area contributed by atoms with Crippen LogP contribution in [0.3, 0.4) is 0 Å². The summed E-state index contributed by atoms with van der Waals surface area (Å²) in [6.45, 7) is 17.3. The first-order valence-corrected chi connectivity index (χ1v) is 21.0. The molecule has 3 amide bonds. The average molecular weight is 852 g/mol. The Morgan fingerprint density at radius 1 is 1.07 bits per heavy atom. The maximum absolute atomic E-state index is 15.3. The summed E-state index contributed by atoms with van der Waals surface area (Å²) in [5.74, 6) is -3.86. The molecule has 12 nitrogen and oxygen atoms in total. The number of allylic oxidation sites excluding steroid dienone is 1. The van der Waals surface area contributed by atoms with E-state index in [-0.39, 0.29) is 50.3 Å². The predicted octanol–water partition coefficient (Wildman–Crippen LogP) is 5.59. The molecule has 0 radical (unpaired) electrons. The van der Waals surface area contributed by atoms with E-state index in [0.29, 0.717) is 24.1 Å². The summed E-state index contributed by atoms with van der Waals surface area (Å²) in [4.78, 5) is 63.0. The van der Waals surface area contributed by atoms with Gasteiger partial charge in [-0.1, -0.05) is 72.3 Å². The van der Waals surface area contributed by atoms with E-state index < -0.39 is 64.5 Å². The Kier molecular flexibility index (Phi) is 15.2. The molecule has 2 bridgehead atoms. The van der Waals surface area contributed by atoms with E-state index >= 15 is 9.59 Å². The summed E-state index contributed by atoms with van der Waals surface area (Å²) in [5, 5.41) is 13.8. The van der Waals surface area contributed by atoms with E-state index in [4.69, 9.17) is 14.2 Å². The van der Waals surface area contributed by atoms with Gasteiger partial charge in [0.1, 0.15) is 17.7 Å². The van der Waals surface area contributed by atoms with Gasteiger partial charge in [0.05, 0.1) is 43.2 Å². The highest BCUT2D eigenvalue weighted by atomic mass is 79.9. The van der Waals surface area contributed by atoms with Gasteiger partial charge in [-0.2, -0.15) is 0 Å². The van der Waals surface area contributed by atoms with Gasteiger partial charge in [0.2, 0.25) is 11.8 Å². The topological polar surface area (TPSA) is 138 Å². The fraction of sp³-hybridized carbons (Fsp3) is 0.545. The first-order valence-electron chi connectivity index (χ1n) is 20.1. The molecule has 9 atom stereocenters. The van der Waals surface area contributed by atoms with E-state index in [1.54, 1.807) is 29.2 Å². The number of anilines is 2. The molecule has 57 heavy (non-hydrogen) atoms. The van der Waals surface area contributed by atoms with Gasteiger partial charge in [-0.15, -0.1) is 13.2 Å². The van der Waals surface area contributed by atoms with Crippen LogP contribution < -0.4 is 15.1 Å². The molecule has 3 aliphatic rings. The first kappa shape index (κ1) is 44.1. The molecular weight excluding hydrogens is 792 g/mol. The fourth-order valence-electron chi connectivity index (χ4n) is 8.99. The van der Waals surface area contributed by atoms with E-state index in [1.807, 2.05) is 56.3 Å². The van der Waals surface area contributed by atoms with Crippen molar-refractivity contribution < 1.29 is 38.5 Å². The van der Waals surface area contributed by atoms with Crippen molar-refractivity contribution in [2.75, 3.05) is 49.8 Å². The smallest absolute Gasteiger partial charge is 0.313 e. The number of nitrogens with one attached hydrogen (secondary N) is 1. The Bertz CT molecular complexity index is 1720. The van der Waals surface area contributed by atoms with Crippen LogP contribution in [0, 0.1) is 17.8 Å². The highest BCUT2D eigenvalue weighted by Gasteiger charge is 2.77. The number of aliphatic hydroxyl groups is 1. The van der Waals surface area contributed by atoms with Crippen LogP contribution in [0.5, 0.6) is 0 Å². The Morgan fingerprint density at radius 2 is 1.74 bits per heavy atom. The van der Waals surface area contributed by atoms with Crippen LogP contribution in [0.15, 0.2) is 79.9 Å². The maximum Gasteiger partial charge on any atom is 0.313 e. The Labute approximate surface area is 345 Å². The van der Waals surface area contributed by atoms with Crippen LogP contribution in [-0.2, 0) is 33.4 Å². The fourth-order valence-corrected chi connectivity index (χ4v) is 9.93. The number of rotatable bonds is 21. The monoisotopic (exact) mass is 850 g/mol. The Morgan fingerprint density at radius 3 is 2.32 bits per heavy atom. The number of benzene rings is 2. The minimum Gasteiger partial charge on any atom is -0.455 e. The number of amides is 3. The van der Waals surface area contributed by atoms with Crippen molar-refractivity contribution in [3.63, 3.8) is 0 Å². The molecule has 2 aromatic rings. The number of aliphatic hydroxyl groups excluding tert-OH is 1. The molecule has 0 aliphatic carbocycles. The number of carbonyl (C=O) groups is 4. The van der Waals surface area contributed by atoms with Crippen molar-refractivity contribution in [3.8, 4) is 0 Å². The number of esters is 1. The van der Waals surface area contributed by atoms with Gasteiger partial charge >= 0.3 is 5.97 Å². The quantitative estimate of drug-likeness (QED) is 0.0937. The van der Waals surface area contributed by atoms with Crippen LogP contribution in [-0.4, -0.2) is 108 Å². The molecule has 3 aliphatic heterocycles. The third-order valence-electron chi connectivity index (χ3n) is 11.5. The summed E-state index contributed by atoms with van der Waals surface area (Å²) in [6.07, 6.45) is 2.89. The van der Waals surface area contributed by atoms with Gasteiger partial charge in [-0.25, -0.2) is 0 Å². The summed E-state index contributed by atoms with van der Waals surface area (Å²) < 4.78 is 18.7. The van der Waals surface area contributed by atoms with Gasteiger partial charge in [0.25, 0.3) is 5.91 Å². The molecule has 0 saturated carbocycles. The zero-order valence-electron chi connectivity index (χ0n) is 33.8. The van der Waals surface area contributed by atoms with Gasteiger partial charge in [0, 0.05) is 49.4 Å². The van der Waals surface area contributed by atoms with Gasteiger partial charge in [-0.05, 0) is 68.9 Å². The lowest BCUT2D eigenvalue weighted by Gasteiger charge is -2.40. The lowest BCUT2D eigenvalue weighted by Crippen LogP contribution is -2.59. The number of likely N-dealkylation sites (tertiary alicyclic amines) is 1. The molecule has 310 valence electrons. The van der Waals surface area contributed by atoms with Crippen LogP contribution in [0.1, 0.15) is 65.0 Å². The first-order chi connectivity index (χ1) is 27.4. The van der Waals surface area contributed by atoms with Crippen LogP contribution in [0.4, 0.5) is 11.4 Å². The molecule has 3 saturated heterocycles. The zero-order valence-corrected chi connectivity index (χ0v) is 35.4. The number of alkyl halides is 1. The van der Waals surface area contributed by atoms with Crippen molar-refractivity contribution in [2.45, 2.75) is 94.1 Å². The molecule has 1 spiro atoms. The molecule has 13 heteroatoms. The number of ether oxygens (including phenoxy) is 3. The van der Waals surface area contributed by atoms with Gasteiger partial charge < -0.3 is 39.3 Å². The molecule has 5 rings (SSSR count). The number of methoxy groups -OCH3 is 1. The second-order valence-corrected chi connectivity index (χ2v) is 16.7. The molecular formula is C44H59BrN4O8. The number of fused-ring (bicyclic) bond motifs is 1. The van der Waals surface area contributed by atoms with Crippen molar-refractivity contribution >= 4 is 51.0 Å². The number of nitrogens with zero attached hydrogens (tertiary/aromatic N) is 3. The molecule has 3 fully saturated rings. The molecule has 0 aromatic heterocycles. The van der Waals surface area contributed by atoms with E-state index in [2.05, 4.69) is 53.2 Å². The maximum atomic E-state index is 15.3. The highest BCUT2D eigenvalue weighted by Crippen LogP contribution is 2.61. The largest absolute Gasteiger partial charge is 0.455 e. The second kappa shape index (κ2) is 19.6. The average Bonchev–Trinajstić information content (AvgIpc) is 3.81. The van der Waals surface area contributed by atoms with E-state index in [9.17, 15) is 14.7 Å². The van der Waals surface area contributed by atoms with Crippen molar-refractivity contribution in [1.82, 2.24) is 10.2 Å². The normalized spacial score (nSPS) is 25.1. The molecule has 3 heterocycles. The van der Waals surface area contributed by atoms with E-state index in [0.717, 1.165) is 18.8 Å². The highest BCUT2D eigenvalue weighted by molar-refractivity contribution is 9.09. The SMILES string of the molecule is C=CCCC(=O)N[C@H](COC)[C@H](OC(=O)[C@H]1[C@@H]2O[C@@]3(CC2Br)[C@@H]1C(=O)N([C@@H](CO)CC(C)C)[C@@H]3C(=O)N(CC=C)c1ccc(N(CC)CC)cc1)c1ccccc1. The zero-order chi connectivity index (χ0) is 41.4. The summed E-state index contributed by atoms with van der Waals surface area (Å²) in [5.41, 5.74) is 0.858. The van der Waals surface area contributed by atoms with Crippen LogP contribution >= 0.6 is 15.9 Å². The number of hydrogen-bond donors (Lipinski definition) is 2. The van der Waals surface area contributed by atoms with Crippen LogP contribution in [0.2, 0.25) is 0 Å². The van der Waals surface area contributed by atoms with Crippen LogP contribution in [0.25, 0.3) is 0 Å². The summed E-state index contributed by atoms with van der Waals surface area (Å²) in [7, 11) is 1.50. The number of carbonyl (C=O) groups excluding carboxylic acids is 4. The van der Waals surface area contributed by atoms with Crippen molar-refractivity contribution in [3.05, 3.63) is 85.5 Å². The Hall–Kier alpha value is -4.04. The number of hydrogen-bond acceptors (Lipinski definition) is 9. The number of halogens is 1. The lowest BCUT2D eigenvalue weighted by molar-refractivity contribution is -0.163. The third kappa shape index (κ3) is 9.01. The molecule has 1 unspecified atom stereocenters. The third-order valence-corrected chi connectivity index (χ3v) is 12.3.